The second-order valence-corrected chi connectivity index (χ2v) is 24.0. The van der Waals surface area contributed by atoms with Crippen LogP contribution in [0.3, 0.4) is 0 Å². The van der Waals surface area contributed by atoms with Gasteiger partial charge in [0.25, 0.3) is 0 Å². The van der Waals surface area contributed by atoms with Crippen LogP contribution in [0.5, 0.6) is 0 Å². The lowest BCUT2D eigenvalue weighted by Crippen LogP contribution is -2.62. The molecule has 10 aliphatic rings. The molecule has 76 heavy (non-hydrogen) atoms. The number of Topliss-reactive ketones (excluding diaryl/α,β-unsaturated/α-hetero) is 1. The molecule has 3 aliphatic carbocycles. The van der Waals surface area contributed by atoms with Crippen molar-refractivity contribution in [2.24, 2.45) is 22.7 Å². The lowest BCUT2D eigenvalue weighted by molar-refractivity contribution is -0.358. The molecule has 21 heteroatoms. The van der Waals surface area contributed by atoms with Gasteiger partial charge in [0.05, 0.1) is 79.2 Å². The number of aliphatic hydroxyl groups excluding tert-OH is 4. The minimum absolute atomic E-state index is 0.0240. The predicted molar refractivity (Wildman–Crippen MR) is 264 cm³/mol. The molecule has 7 saturated heterocycles. The van der Waals surface area contributed by atoms with Gasteiger partial charge in [-0.1, -0.05) is 18.6 Å². The Morgan fingerprint density at radius 2 is 1.08 bits per heavy atom. The lowest BCUT2D eigenvalue weighted by Gasteiger charge is -2.53. The van der Waals surface area contributed by atoms with E-state index >= 15 is 0 Å². The minimum Gasteiger partial charge on any atom is -0.394 e. The van der Waals surface area contributed by atoms with Gasteiger partial charge in [0.2, 0.25) is 0 Å². The summed E-state index contributed by atoms with van der Waals surface area (Å²) in [5.74, 6) is -0.00615. The van der Waals surface area contributed by atoms with E-state index in [-0.39, 0.29) is 54.2 Å². The van der Waals surface area contributed by atoms with Crippen molar-refractivity contribution in [3.05, 3.63) is 11.6 Å². The first-order chi connectivity index (χ1) is 36.3. The largest absolute Gasteiger partial charge is 0.394 e. The van der Waals surface area contributed by atoms with E-state index in [1.807, 2.05) is 20.8 Å². The van der Waals surface area contributed by atoms with E-state index < -0.39 is 135 Å². The number of rotatable bonds is 15. The molecule has 0 aromatic rings. The van der Waals surface area contributed by atoms with Gasteiger partial charge in [-0.05, 0) is 79.1 Å². The average molecular weight is 1090 g/mol. The van der Waals surface area contributed by atoms with Crippen LogP contribution in [-0.4, -0.2) is 214 Å². The zero-order valence-corrected chi connectivity index (χ0v) is 46.3. The summed E-state index contributed by atoms with van der Waals surface area (Å²) in [6.07, 6.45) is -6.41. The van der Waals surface area contributed by atoms with Crippen LogP contribution in [0.15, 0.2) is 11.6 Å². The monoisotopic (exact) mass is 1080 g/mol. The molecule has 434 valence electrons. The predicted octanol–water partition coefficient (Wildman–Crippen LogP) is 3.34. The molecule has 0 radical (unpaired) electrons. The molecule has 29 atom stereocenters. The Hall–Kier alpha value is -1.39. The van der Waals surface area contributed by atoms with E-state index in [1.165, 1.54) is 12.7 Å². The average Bonchev–Trinajstić information content (AvgIpc) is 4.02. The number of hydrogen-bond acceptors (Lipinski definition) is 21. The maximum Gasteiger partial charge on any atom is 0.187 e. The molecule has 10 rings (SSSR count). The van der Waals surface area contributed by atoms with Crippen LogP contribution in [-0.2, 0) is 80.6 Å². The SMILES string of the molecule is CO[C@H]1C[C@H](O[C@H]2CC[C@@]3(C)C(=CC[C@@]45O[C@@H](C)[C@@H]6CCC(=O)[C@]6(C)[C@@H](C[C@@H]43)O5)C2)O[C@H](C)[C@H]1O[C@H]1C[C@H](OC)[C@H](O[C@H]2C[C@@H](OC)[C@H](O[C@H]3C[C@@H](OC)[C@H](O[C@@H]4O[C@H](CO)[C@@H](O)[C@H](O)[C@H]4O)[C@@H](C)O3)[C@@H](C)O2)[C@@H](C)O1. The van der Waals surface area contributed by atoms with E-state index in [9.17, 15) is 25.2 Å². The molecule has 7 aliphatic heterocycles. The zero-order chi connectivity index (χ0) is 54.2. The van der Waals surface area contributed by atoms with Gasteiger partial charge in [0.15, 0.2) is 37.2 Å². The molecule has 4 N–H and O–H groups in total. The molecular formula is C55H88O21. The normalized spacial score (nSPS) is 53.6. The maximum absolute atomic E-state index is 13.4. The quantitative estimate of drug-likeness (QED) is 0.172. The van der Waals surface area contributed by atoms with Crippen molar-refractivity contribution < 1.29 is 101 Å². The standard InChI is InChI=1S/C55H88O21/c1-25-32-12-13-39(57)54(32,7)40-23-38-53(6)16-15-31(18-30(53)14-17-55(38,75-25)76-40)69-41-19-33(61-8)48(26(2)65-41)71-42-20-34(62-9)49(27(3)66-42)72-43-21-35(63-10)50(28(4)67-43)73-44-22-36(64-11)51(29(5)68-44)74-52-47(60)46(59)45(58)37(24-56)70-52/h14,25-29,31-38,40-52,56,58-60H,12-13,15-24H2,1-11H3/t25-,26+,27+,28+,29+,31-,32-,33-,34-,35+,36+,37+,38+,40+,41-,42-,43-,44-,45+,46-,47+,48+,49+,50+,51+,52-,53-,54+,55-/m0/s1. The summed E-state index contributed by atoms with van der Waals surface area (Å²) in [4.78, 5) is 13.4. The number of methoxy groups -OCH3 is 4. The molecule has 21 nitrogen and oxygen atoms in total. The third-order valence-electron chi connectivity index (χ3n) is 19.7. The second kappa shape index (κ2) is 23.1. The fraction of sp³-hybridized carbons (Fsp3) is 0.945. The first-order valence-electron chi connectivity index (χ1n) is 28.2. The number of ketones is 1. The van der Waals surface area contributed by atoms with Crippen molar-refractivity contribution >= 4 is 5.78 Å². The van der Waals surface area contributed by atoms with Gasteiger partial charge in [-0.25, -0.2) is 0 Å². The molecule has 0 unspecified atom stereocenters. The van der Waals surface area contributed by atoms with Crippen molar-refractivity contribution in [1.82, 2.24) is 0 Å². The van der Waals surface area contributed by atoms with E-state index in [0.29, 0.717) is 37.9 Å². The van der Waals surface area contributed by atoms with Crippen LogP contribution in [0.25, 0.3) is 0 Å². The van der Waals surface area contributed by atoms with E-state index in [0.717, 1.165) is 32.1 Å². The highest BCUT2D eigenvalue weighted by atomic mass is 16.8. The summed E-state index contributed by atoms with van der Waals surface area (Å²) in [7, 11) is 6.48. The van der Waals surface area contributed by atoms with Crippen molar-refractivity contribution in [3.8, 4) is 0 Å². The Morgan fingerprint density at radius 3 is 1.57 bits per heavy atom. The fourth-order valence-electron chi connectivity index (χ4n) is 15.3. The summed E-state index contributed by atoms with van der Waals surface area (Å²) in [5, 5.41) is 40.8. The first-order valence-corrected chi connectivity index (χ1v) is 28.2. The van der Waals surface area contributed by atoms with Gasteiger partial charge in [-0.2, -0.15) is 0 Å². The third kappa shape index (κ3) is 10.6. The number of fused-ring (bicyclic) bond motifs is 5. The molecule has 1 spiro atoms. The number of hydrogen-bond donors (Lipinski definition) is 4. The zero-order valence-electron chi connectivity index (χ0n) is 46.3. The van der Waals surface area contributed by atoms with Gasteiger partial charge >= 0.3 is 0 Å². The highest BCUT2D eigenvalue weighted by molar-refractivity contribution is 5.88. The van der Waals surface area contributed by atoms with Gasteiger partial charge in [0.1, 0.15) is 54.6 Å². The lowest BCUT2D eigenvalue weighted by atomic mass is 9.56. The Balaban J connectivity index is 0.696. The Labute approximate surface area is 447 Å². The van der Waals surface area contributed by atoms with Gasteiger partial charge in [-0.3, -0.25) is 4.79 Å². The molecule has 9 fully saturated rings. The Kier molecular flexibility index (Phi) is 17.6. The third-order valence-corrected chi connectivity index (χ3v) is 19.7. The van der Waals surface area contributed by atoms with Crippen LogP contribution in [0.2, 0.25) is 0 Å². The van der Waals surface area contributed by atoms with Crippen molar-refractivity contribution in [2.45, 2.75) is 272 Å². The van der Waals surface area contributed by atoms with Crippen LogP contribution in [0.4, 0.5) is 0 Å². The van der Waals surface area contributed by atoms with Gasteiger partial charge < -0.3 is 96.2 Å². The summed E-state index contributed by atoms with van der Waals surface area (Å²) in [6, 6.07) is 0. The Morgan fingerprint density at radius 1 is 0.592 bits per heavy atom. The summed E-state index contributed by atoms with van der Waals surface area (Å²) < 4.78 is 102. The molecule has 7 heterocycles. The highest BCUT2D eigenvalue weighted by Crippen LogP contribution is 2.66. The van der Waals surface area contributed by atoms with E-state index in [4.69, 9.17) is 75.8 Å². The highest BCUT2D eigenvalue weighted by Gasteiger charge is 2.69. The summed E-state index contributed by atoms with van der Waals surface area (Å²) in [6.45, 7) is 13.7. The molecule has 0 amide bonds. The van der Waals surface area contributed by atoms with Crippen LogP contribution >= 0.6 is 0 Å². The summed E-state index contributed by atoms with van der Waals surface area (Å²) in [5.41, 5.74) is 0.775. The Bertz CT molecular complexity index is 2010. The second-order valence-electron chi connectivity index (χ2n) is 24.0. The van der Waals surface area contributed by atoms with Crippen molar-refractivity contribution in [1.29, 1.82) is 0 Å². The molecule has 2 bridgehead atoms. The molecule has 0 aromatic carbocycles. The van der Waals surface area contributed by atoms with Crippen molar-refractivity contribution in [3.63, 3.8) is 0 Å². The van der Waals surface area contributed by atoms with Crippen LogP contribution in [0.1, 0.15) is 119 Å². The van der Waals surface area contributed by atoms with Gasteiger partial charge in [0, 0.05) is 78.8 Å². The summed E-state index contributed by atoms with van der Waals surface area (Å²) >= 11 is 0. The number of carbonyl (C=O) groups is 1. The van der Waals surface area contributed by atoms with Gasteiger partial charge in [-0.15, -0.1) is 0 Å². The molecule has 2 saturated carbocycles. The fourth-order valence-corrected chi connectivity index (χ4v) is 15.3. The molecular weight excluding hydrogens is 997 g/mol. The topological polar surface area (TPSA) is 246 Å². The van der Waals surface area contributed by atoms with Crippen LogP contribution in [0, 0.1) is 22.7 Å². The number of aliphatic hydroxyl groups is 4. The van der Waals surface area contributed by atoms with E-state index in [2.05, 4.69) is 26.8 Å². The van der Waals surface area contributed by atoms with Crippen LogP contribution < -0.4 is 0 Å². The number of ether oxygens (including phenoxy) is 16. The molecule has 0 aromatic heterocycles. The first kappa shape index (κ1) is 57.8. The maximum atomic E-state index is 13.4. The van der Waals surface area contributed by atoms with E-state index in [1.54, 1.807) is 28.3 Å². The number of carbonyl (C=O) groups excluding carboxylic acids is 1. The minimum atomic E-state index is -1.59. The smallest absolute Gasteiger partial charge is 0.187 e. The van der Waals surface area contributed by atoms with Crippen molar-refractivity contribution in [2.75, 3.05) is 35.0 Å².